The van der Waals surface area contributed by atoms with E-state index in [1.165, 1.54) is 12.1 Å². The standard InChI is InChI=1S/C25H24N4O3/c1-18(19-9-8-12-21(17-19)29(31)32)27(2)25(30)16-15-24-26-22-13-6-7-14-23(22)28(24)20-10-4-3-5-11-20/h3-14,17-18H,15-16H2,1-2H3. The molecule has 0 saturated carbocycles. The summed E-state index contributed by atoms with van der Waals surface area (Å²) in [5, 5.41) is 11.1. The molecule has 0 aliphatic heterocycles. The minimum atomic E-state index is -0.424. The molecule has 1 unspecified atom stereocenters. The van der Waals surface area contributed by atoms with E-state index in [2.05, 4.69) is 4.57 Å². The molecule has 0 aliphatic rings. The van der Waals surface area contributed by atoms with E-state index in [1.807, 2.05) is 61.5 Å². The maximum atomic E-state index is 13.0. The van der Waals surface area contributed by atoms with Gasteiger partial charge in [0.1, 0.15) is 5.82 Å². The van der Waals surface area contributed by atoms with E-state index in [0.717, 1.165) is 28.1 Å². The van der Waals surface area contributed by atoms with Crippen LogP contribution in [0.3, 0.4) is 0 Å². The van der Waals surface area contributed by atoms with Crippen LogP contribution >= 0.6 is 0 Å². The average molecular weight is 428 g/mol. The second-order valence-corrected chi connectivity index (χ2v) is 7.72. The van der Waals surface area contributed by atoms with Gasteiger partial charge in [0.25, 0.3) is 5.69 Å². The van der Waals surface area contributed by atoms with E-state index in [-0.39, 0.29) is 24.1 Å². The van der Waals surface area contributed by atoms with Crippen LogP contribution in [0.2, 0.25) is 0 Å². The van der Waals surface area contributed by atoms with Gasteiger partial charge < -0.3 is 4.90 Å². The second kappa shape index (κ2) is 9.01. The number of amides is 1. The number of nitro benzene ring substituents is 1. The third kappa shape index (κ3) is 4.23. The van der Waals surface area contributed by atoms with Crippen molar-refractivity contribution in [2.45, 2.75) is 25.8 Å². The van der Waals surface area contributed by atoms with Crippen molar-refractivity contribution in [1.82, 2.24) is 14.5 Å². The van der Waals surface area contributed by atoms with Gasteiger partial charge in [0, 0.05) is 37.7 Å². The largest absolute Gasteiger partial charge is 0.339 e. The first kappa shape index (κ1) is 21.2. The van der Waals surface area contributed by atoms with Crippen LogP contribution in [0.1, 0.15) is 30.8 Å². The smallest absolute Gasteiger partial charge is 0.269 e. The zero-order valence-corrected chi connectivity index (χ0v) is 18.0. The molecule has 7 nitrogen and oxygen atoms in total. The molecule has 3 aromatic carbocycles. The average Bonchev–Trinajstić information content (AvgIpc) is 3.20. The van der Waals surface area contributed by atoms with Gasteiger partial charge in [-0.1, -0.05) is 42.5 Å². The molecule has 0 N–H and O–H groups in total. The van der Waals surface area contributed by atoms with Crippen molar-refractivity contribution in [3.8, 4) is 5.69 Å². The highest BCUT2D eigenvalue weighted by Crippen LogP contribution is 2.25. The summed E-state index contributed by atoms with van der Waals surface area (Å²) in [5.41, 5.74) is 3.64. The van der Waals surface area contributed by atoms with Gasteiger partial charge in [0.05, 0.1) is 22.0 Å². The SMILES string of the molecule is CC(c1cccc([N+](=O)[O-])c1)N(C)C(=O)CCc1nc2ccccc2n1-c1ccccc1. The number of para-hydroxylation sites is 3. The number of aromatic nitrogens is 2. The molecule has 1 aromatic heterocycles. The molecule has 4 aromatic rings. The number of carbonyl (C=O) groups is 1. The van der Waals surface area contributed by atoms with Crippen molar-refractivity contribution in [3.63, 3.8) is 0 Å². The van der Waals surface area contributed by atoms with Crippen LogP contribution in [0.25, 0.3) is 16.7 Å². The lowest BCUT2D eigenvalue weighted by Crippen LogP contribution is -2.30. The summed E-state index contributed by atoms with van der Waals surface area (Å²) in [6.07, 6.45) is 0.764. The lowest BCUT2D eigenvalue weighted by atomic mass is 10.1. The fraction of sp³-hybridized carbons (Fsp3) is 0.200. The molecule has 1 atom stereocenters. The van der Waals surface area contributed by atoms with Gasteiger partial charge in [-0.2, -0.15) is 0 Å². The van der Waals surface area contributed by atoms with Gasteiger partial charge >= 0.3 is 0 Å². The Labute approximate surface area is 186 Å². The maximum Gasteiger partial charge on any atom is 0.269 e. The monoisotopic (exact) mass is 428 g/mol. The minimum absolute atomic E-state index is 0.0202. The van der Waals surface area contributed by atoms with E-state index in [9.17, 15) is 14.9 Å². The predicted octanol–water partition coefficient (Wildman–Crippen LogP) is 5.09. The third-order valence-electron chi connectivity index (χ3n) is 5.74. The fourth-order valence-electron chi connectivity index (χ4n) is 3.84. The molecule has 32 heavy (non-hydrogen) atoms. The number of rotatable bonds is 7. The highest BCUT2D eigenvalue weighted by molar-refractivity contribution is 5.79. The summed E-state index contributed by atoms with van der Waals surface area (Å²) in [7, 11) is 1.73. The van der Waals surface area contributed by atoms with Crippen LogP contribution in [0.15, 0.2) is 78.9 Å². The number of hydrogen-bond acceptors (Lipinski definition) is 4. The molecule has 4 rings (SSSR count). The molecule has 0 radical (unpaired) electrons. The predicted molar refractivity (Wildman–Crippen MR) is 124 cm³/mol. The first-order valence-corrected chi connectivity index (χ1v) is 10.5. The van der Waals surface area contributed by atoms with Crippen LogP contribution < -0.4 is 0 Å². The first-order valence-electron chi connectivity index (χ1n) is 10.5. The van der Waals surface area contributed by atoms with Crippen molar-refractivity contribution in [2.24, 2.45) is 0 Å². The molecule has 162 valence electrons. The van der Waals surface area contributed by atoms with Crippen LogP contribution in [-0.2, 0) is 11.2 Å². The quantitative estimate of drug-likeness (QED) is 0.303. The molecule has 1 amide bonds. The molecular weight excluding hydrogens is 404 g/mol. The molecule has 0 bridgehead atoms. The van der Waals surface area contributed by atoms with E-state index >= 15 is 0 Å². The minimum Gasteiger partial charge on any atom is -0.339 e. The number of nitrogens with zero attached hydrogens (tertiary/aromatic N) is 4. The van der Waals surface area contributed by atoms with Crippen molar-refractivity contribution in [2.75, 3.05) is 7.05 Å². The molecule has 1 heterocycles. The first-order chi connectivity index (χ1) is 15.5. The van der Waals surface area contributed by atoms with Crippen LogP contribution in [-0.4, -0.2) is 32.3 Å². The lowest BCUT2D eigenvalue weighted by molar-refractivity contribution is -0.384. The Bertz CT molecular complexity index is 1270. The summed E-state index contributed by atoms with van der Waals surface area (Å²) in [6.45, 7) is 1.87. The zero-order valence-electron chi connectivity index (χ0n) is 18.0. The Hall–Kier alpha value is -4.00. The summed E-state index contributed by atoms with van der Waals surface area (Å²) in [4.78, 5) is 30.0. The van der Waals surface area contributed by atoms with Gasteiger partial charge in [0.15, 0.2) is 0 Å². The molecule has 7 heteroatoms. The van der Waals surface area contributed by atoms with Crippen LogP contribution in [0.4, 0.5) is 5.69 Å². The summed E-state index contributed by atoms with van der Waals surface area (Å²) in [5.74, 6) is 0.776. The number of non-ortho nitro benzene ring substituents is 1. The van der Waals surface area contributed by atoms with E-state index in [4.69, 9.17) is 4.98 Å². The Kier molecular flexibility index (Phi) is 5.98. The number of imidazole rings is 1. The third-order valence-corrected chi connectivity index (χ3v) is 5.74. The number of hydrogen-bond donors (Lipinski definition) is 0. The fourth-order valence-corrected chi connectivity index (χ4v) is 3.84. The van der Waals surface area contributed by atoms with E-state index < -0.39 is 4.92 Å². The Balaban J connectivity index is 1.54. The van der Waals surface area contributed by atoms with Crippen molar-refractivity contribution in [3.05, 3.63) is 100 Å². The Morgan fingerprint density at radius 3 is 2.53 bits per heavy atom. The van der Waals surface area contributed by atoms with Crippen LogP contribution in [0, 0.1) is 10.1 Å². The van der Waals surface area contributed by atoms with Gasteiger partial charge in [-0.3, -0.25) is 19.5 Å². The molecular formula is C25H24N4O3. The summed E-state index contributed by atoms with van der Waals surface area (Å²) >= 11 is 0. The Morgan fingerprint density at radius 1 is 1.06 bits per heavy atom. The molecule has 0 spiro atoms. The van der Waals surface area contributed by atoms with E-state index in [0.29, 0.717) is 6.42 Å². The van der Waals surface area contributed by atoms with Crippen molar-refractivity contribution < 1.29 is 9.72 Å². The number of benzene rings is 3. The summed E-state index contributed by atoms with van der Waals surface area (Å²) in [6, 6.07) is 24.0. The van der Waals surface area contributed by atoms with Crippen molar-refractivity contribution in [1.29, 1.82) is 0 Å². The molecule has 0 saturated heterocycles. The van der Waals surface area contributed by atoms with Crippen molar-refractivity contribution >= 4 is 22.6 Å². The highest BCUT2D eigenvalue weighted by Gasteiger charge is 2.20. The number of carbonyl (C=O) groups excluding carboxylic acids is 1. The Morgan fingerprint density at radius 2 is 1.78 bits per heavy atom. The highest BCUT2D eigenvalue weighted by atomic mass is 16.6. The second-order valence-electron chi connectivity index (χ2n) is 7.72. The van der Waals surface area contributed by atoms with Gasteiger partial charge in [-0.15, -0.1) is 0 Å². The lowest BCUT2D eigenvalue weighted by Gasteiger charge is -2.25. The number of nitro groups is 1. The van der Waals surface area contributed by atoms with Gasteiger partial charge in [-0.25, -0.2) is 4.98 Å². The molecule has 0 fully saturated rings. The summed E-state index contributed by atoms with van der Waals surface area (Å²) < 4.78 is 2.09. The van der Waals surface area contributed by atoms with E-state index in [1.54, 1.807) is 24.1 Å². The van der Waals surface area contributed by atoms with Crippen LogP contribution in [0.5, 0.6) is 0 Å². The number of fused-ring (bicyclic) bond motifs is 1. The topological polar surface area (TPSA) is 81.3 Å². The normalized spacial score (nSPS) is 11.9. The molecule has 0 aliphatic carbocycles. The maximum absolute atomic E-state index is 13.0. The van der Waals surface area contributed by atoms with Gasteiger partial charge in [-0.05, 0) is 36.8 Å². The zero-order chi connectivity index (χ0) is 22.7. The number of aryl methyl sites for hydroxylation is 1. The van der Waals surface area contributed by atoms with Gasteiger partial charge in [0.2, 0.25) is 5.91 Å².